The fourth-order valence-electron chi connectivity index (χ4n) is 4.93. The van der Waals surface area contributed by atoms with E-state index >= 15 is 0 Å². The summed E-state index contributed by atoms with van der Waals surface area (Å²) in [7, 11) is 0. The van der Waals surface area contributed by atoms with Crippen LogP contribution in [0.15, 0.2) is 54.7 Å². The second kappa shape index (κ2) is 15.2. The van der Waals surface area contributed by atoms with Crippen LogP contribution in [0, 0.1) is 11.8 Å². The molecule has 2 aromatic carbocycles. The second-order valence-electron chi connectivity index (χ2n) is 11.8. The number of aliphatic carboxylic acids is 1. The molecule has 3 amide bonds. The number of aromatic nitrogens is 1. The smallest absolute Gasteiger partial charge is 0.326 e. The summed E-state index contributed by atoms with van der Waals surface area (Å²) in [6.45, 7) is 7.60. The Hall–Kier alpha value is -4.38. The number of nitrogens with two attached hydrogens (primary N) is 1. The molecule has 11 nitrogen and oxygen atoms in total. The molecule has 3 aromatic rings. The molecule has 11 heteroatoms. The summed E-state index contributed by atoms with van der Waals surface area (Å²) < 4.78 is 0. The maximum atomic E-state index is 13.5. The van der Waals surface area contributed by atoms with E-state index in [0.29, 0.717) is 12.0 Å². The van der Waals surface area contributed by atoms with Crippen molar-refractivity contribution in [2.75, 3.05) is 0 Å². The second-order valence-corrected chi connectivity index (χ2v) is 11.8. The minimum atomic E-state index is -1.25. The summed E-state index contributed by atoms with van der Waals surface area (Å²) in [4.78, 5) is 55.0. The Morgan fingerprint density at radius 2 is 1.30 bits per heavy atom. The van der Waals surface area contributed by atoms with Crippen molar-refractivity contribution in [2.45, 2.75) is 77.5 Å². The van der Waals surface area contributed by atoms with E-state index in [1.54, 1.807) is 12.1 Å². The van der Waals surface area contributed by atoms with E-state index in [0.717, 1.165) is 16.5 Å². The highest BCUT2D eigenvalue weighted by atomic mass is 16.4. The molecule has 1 heterocycles. The first-order chi connectivity index (χ1) is 20.3. The lowest BCUT2D eigenvalue weighted by Crippen LogP contribution is -2.57. The predicted octanol–water partition coefficient (Wildman–Crippen LogP) is 2.62. The summed E-state index contributed by atoms with van der Waals surface area (Å²) in [6.07, 6.45) is 2.64. The lowest BCUT2D eigenvalue weighted by atomic mass is 9.98. The molecule has 4 unspecified atom stereocenters. The molecule has 43 heavy (non-hydrogen) atoms. The van der Waals surface area contributed by atoms with Crippen molar-refractivity contribution in [3.63, 3.8) is 0 Å². The monoisotopic (exact) mass is 593 g/mol. The Labute approximate surface area is 251 Å². The van der Waals surface area contributed by atoms with Gasteiger partial charge in [-0.25, -0.2) is 4.79 Å². The molecule has 0 aliphatic heterocycles. The van der Waals surface area contributed by atoms with E-state index in [9.17, 15) is 29.4 Å². The molecular weight excluding hydrogens is 550 g/mol. The number of carboxylic acid groups (broad SMARTS) is 1. The van der Waals surface area contributed by atoms with Crippen molar-refractivity contribution >= 4 is 34.6 Å². The third-order valence-corrected chi connectivity index (χ3v) is 7.12. The number of aromatic amines is 1. The Balaban J connectivity index is 1.70. The van der Waals surface area contributed by atoms with Gasteiger partial charge in [-0.15, -0.1) is 0 Å². The largest absolute Gasteiger partial charge is 0.508 e. The van der Waals surface area contributed by atoms with Gasteiger partial charge < -0.3 is 36.9 Å². The Kier molecular flexibility index (Phi) is 11.7. The number of nitrogens with one attached hydrogen (secondary N) is 4. The molecule has 0 bridgehead atoms. The van der Waals surface area contributed by atoms with E-state index < -0.39 is 47.9 Å². The average molecular weight is 594 g/mol. The number of H-pyrrole nitrogens is 1. The lowest BCUT2D eigenvalue weighted by Gasteiger charge is -2.27. The number of carboxylic acids is 1. The van der Waals surface area contributed by atoms with Crippen LogP contribution in [0.5, 0.6) is 5.75 Å². The van der Waals surface area contributed by atoms with E-state index in [-0.39, 0.29) is 36.8 Å². The minimum absolute atomic E-state index is 0.000776. The van der Waals surface area contributed by atoms with Crippen LogP contribution >= 0.6 is 0 Å². The summed E-state index contributed by atoms with van der Waals surface area (Å²) in [5.74, 6) is -2.83. The van der Waals surface area contributed by atoms with Gasteiger partial charge in [0.25, 0.3) is 0 Å². The van der Waals surface area contributed by atoms with Gasteiger partial charge in [-0.2, -0.15) is 0 Å². The van der Waals surface area contributed by atoms with Gasteiger partial charge in [-0.05, 0) is 60.4 Å². The van der Waals surface area contributed by atoms with Gasteiger partial charge in [0.2, 0.25) is 17.7 Å². The van der Waals surface area contributed by atoms with Crippen molar-refractivity contribution in [2.24, 2.45) is 17.6 Å². The number of hydrogen-bond donors (Lipinski definition) is 7. The highest BCUT2D eigenvalue weighted by molar-refractivity contribution is 5.94. The zero-order chi connectivity index (χ0) is 31.7. The standard InChI is InChI=1S/C32H43N5O6/c1-18(2)13-26(35-29(39)24(33)16-21-17-34-25-8-6-5-7-23(21)25)30(40)36-27(14-19(3)4)31(41)37-28(32(42)43)15-20-9-11-22(38)12-10-20/h5-12,17-19,24,26-28,34,38H,13-16,33H2,1-4H3,(H,35,39)(H,36,40)(H,37,41)(H,42,43). The van der Waals surface area contributed by atoms with Crippen LogP contribution in [0.25, 0.3) is 10.9 Å². The summed E-state index contributed by atoms with van der Waals surface area (Å²) in [5.41, 5.74) is 8.69. The highest BCUT2D eigenvalue weighted by Gasteiger charge is 2.31. The predicted molar refractivity (Wildman–Crippen MR) is 164 cm³/mol. The molecule has 0 radical (unpaired) electrons. The number of carbonyl (C=O) groups excluding carboxylic acids is 3. The van der Waals surface area contributed by atoms with Crippen LogP contribution in [0.3, 0.4) is 0 Å². The van der Waals surface area contributed by atoms with Crippen LogP contribution < -0.4 is 21.7 Å². The Morgan fingerprint density at radius 1 is 0.767 bits per heavy atom. The van der Waals surface area contributed by atoms with Crippen LogP contribution in [0.1, 0.15) is 51.7 Å². The lowest BCUT2D eigenvalue weighted by molar-refractivity contribution is -0.142. The zero-order valence-electron chi connectivity index (χ0n) is 25.1. The normalized spacial score (nSPS) is 14.2. The van der Waals surface area contributed by atoms with Crippen LogP contribution in [-0.4, -0.2) is 63.1 Å². The number of amides is 3. The molecule has 0 fully saturated rings. The van der Waals surface area contributed by atoms with Crippen molar-refractivity contribution < 1.29 is 29.4 Å². The number of carbonyl (C=O) groups is 4. The van der Waals surface area contributed by atoms with E-state index in [1.165, 1.54) is 12.1 Å². The molecule has 4 atom stereocenters. The zero-order valence-corrected chi connectivity index (χ0v) is 25.1. The fraction of sp³-hybridized carbons (Fsp3) is 0.438. The highest BCUT2D eigenvalue weighted by Crippen LogP contribution is 2.19. The molecule has 0 aliphatic carbocycles. The van der Waals surface area contributed by atoms with Gasteiger partial charge in [0.15, 0.2) is 0 Å². The molecule has 232 valence electrons. The maximum Gasteiger partial charge on any atom is 0.326 e. The number of hydrogen-bond acceptors (Lipinski definition) is 6. The third kappa shape index (κ3) is 9.85. The average Bonchev–Trinajstić information content (AvgIpc) is 3.35. The van der Waals surface area contributed by atoms with E-state index in [1.807, 2.05) is 58.2 Å². The van der Waals surface area contributed by atoms with Crippen molar-refractivity contribution in [3.8, 4) is 5.75 Å². The van der Waals surface area contributed by atoms with Crippen molar-refractivity contribution in [1.29, 1.82) is 0 Å². The molecule has 0 saturated carbocycles. The maximum absolute atomic E-state index is 13.5. The SMILES string of the molecule is CC(C)CC(NC(=O)C(N)Cc1c[nH]c2ccccc12)C(=O)NC(CC(C)C)C(=O)NC(Cc1ccc(O)cc1)C(=O)O. The quantitative estimate of drug-likeness (QED) is 0.141. The van der Waals surface area contributed by atoms with Gasteiger partial charge in [-0.3, -0.25) is 14.4 Å². The Morgan fingerprint density at radius 3 is 1.86 bits per heavy atom. The first-order valence-corrected chi connectivity index (χ1v) is 14.6. The minimum Gasteiger partial charge on any atom is -0.508 e. The fourth-order valence-corrected chi connectivity index (χ4v) is 4.93. The molecule has 8 N–H and O–H groups in total. The number of para-hydroxylation sites is 1. The number of benzene rings is 2. The van der Waals surface area contributed by atoms with Gasteiger partial charge in [0.1, 0.15) is 23.9 Å². The van der Waals surface area contributed by atoms with E-state index in [2.05, 4.69) is 20.9 Å². The summed E-state index contributed by atoms with van der Waals surface area (Å²) in [5, 5.41) is 28.3. The van der Waals surface area contributed by atoms with Crippen LogP contribution in [0.4, 0.5) is 0 Å². The third-order valence-electron chi connectivity index (χ3n) is 7.12. The summed E-state index contributed by atoms with van der Waals surface area (Å²) >= 11 is 0. The van der Waals surface area contributed by atoms with Crippen LogP contribution in [-0.2, 0) is 32.0 Å². The van der Waals surface area contributed by atoms with Gasteiger partial charge in [0, 0.05) is 23.5 Å². The molecule has 1 aromatic heterocycles. The first kappa shape index (κ1) is 33.1. The number of phenols is 1. The van der Waals surface area contributed by atoms with Gasteiger partial charge in [0.05, 0.1) is 6.04 Å². The van der Waals surface area contributed by atoms with Crippen molar-refractivity contribution in [1.82, 2.24) is 20.9 Å². The number of aromatic hydroxyl groups is 1. The Bertz CT molecular complexity index is 1400. The molecule has 3 rings (SSSR count). The number of fused-ring (bicyclic) bond motifs is 1. The molecule has 0 aliphatic rings. The van der Waals surface area contributed by atoms with Gasteiger partial charge >= 0.3 is 5.97 Å². The number of phenolic OH excluding ortho intramolecular Hbond substituents is 1. The molecule has 0 saturated heterocycles. The molecular formula is C32H43N5O6. The van der Waals surface area contributed by atoms with Crippen LogP contribution in [0.2, 0.25) is 0 Å². The number of rotatable bonds is 15. The topological polar surface area (TPSA) is 187 Å². The first-order valence-electron chi connectivity index (χ1n) is 14.6. The van der Waals surface area contributed by atoms with Gasteiger partial charge in [-0.1, -0.05) is 58.0 Å². The van der Waals surface area contributed by atoms with E-state index in [4.69, 9.17) is 5.73 Å². The van der Waals surface area contributed by atoms with Crippen molar-refractivity contribution in [3.05, 3.63) is 65.9 Å². The molecule has 0 spiro atoms. The summed E-state index contributed by atoms with van der Waals surface area (Å²) in [6, 6.07) is 9.59.